The fourth-order valence-electron chi connectivity index (χ4n) is 2.25. The molecule has 0 saturated heterocycles. The molecule has 0 aliphatic carbocycles. The summed E-state index contributed by atoms with van der Waals surface area (Å²) in [6.07, 6.45) is 0. The molecule has 104 valence electrons. The molecule has 3 aromatic carbocycles. The molecule has 0 amide bonds. The lowest BCUT2D eigenvalue weighted by Gasteiger charge is -2.12. The van der Waals surface area contributed by atoms with E-state index in [1.54, 1.807) is 0 Å². The fourth-order valence-corrected chi connectivity index (χ4v) is 3.07. The van der Waals surface area contributed by atoms with Crippen LogP contribution in [0.4, 0.5) is 0 Å². The molecule has 21 heavy (non-hydrogen) atoms. The minimum absolute atomic E-state index is 0.498. The maximum atomic E-state index is 5.95. The summed E-state index contributed by atoms with van der Waals surface area (Å²) in [5, 5.41) is 2.46. The summed E-state index contributed by atoms with van der Waals surface area (Å²) in [5.74, 6) is 0.909. The van der Waals surface area contributed by atoms with Gasteiger partial charge in [0.25, 0.3) is 0 Å². The quantitative estimate of drug-likeness (QED) is 0.536. The zero-order chi connectivity index (χ0) is 14.7. The Balaban J connectivity index is 1.80. The molecule has 3 aromatic rings. The molecule has 0 spiro atoms. The lowest BCUT2D eigenvalue weighted by Crippen LogP contribution is -2.01. The zero-order valence-electron chi connectivity index (χ0n) is 11.6. The van der Waals surface area contributed by atoms with Gasteiger partial charge in [-0.1, -0.05) is 67.2 Å². The Morgan fingerprint density at radius 1 is 0.905 bits per heavy atom. The number of ether oxygens (including phenoxy) is 1. The van der Waals surface area contributed by atoms with Crippen molar-refractivity contribution in [3.8, 4) is 5.75 Å². The van der Waals surface area contributed by atoms with Gasteiger partial charge >= 0.3 is 0 Å². The van der Waals surface area contributed by atoms with Crippen molar-refractivity contribution in [2.45, 2.75) is 0 Å². The molecule has 0 aliphatic heterocycles. The second-order valence-electron chi connectivity index (χ2n) is 4.86. The van der Waals surface area contributed by atoms with Crippen molar-refractivity contribution in [3.05, 3.63) is 82.4 Å². The summed E-state index contributed by atoms with van der Waals surface area (Å²) in [4.78, 5) is 0. The molecule has 2 heteroatoms. The normalized spacial score (nSPS) is 10.5. The van der Waals surface area contributed by atoms with Crippen LogP contribution >= 0.6 is 22.6 Å². The average Bonchev–Trinajstić information content (AvgIpc) is 2.55. The van der Waals surface area contributed by atoms with Crippen molar-refractivity contribution in [3.63, 3.8) is 0 Å². The van der Waals surface area contributed by atoms with E-state index >= 15 is 0 Å². The summed E-state index contributed by atoms with van der Waals surface area (Å²) < 4.78 is 7.10. The average molecular weight is 386 g/mol. The standard InChI is InChI=1S/C19H15IO/c1-14(15-7-3-2-4-8-15)13-21-18-12-11-16-9-5-6-10-17(16)19(18)20/h2-12H,1,13H2. The van der Waals surface area contributed by atoms with Crippen molar-refractivity contribution < 1.29 is 4.74 Å². The van der Waals surface area contributed by atoms with Crippen molar-refractivity contribution in [1.82, 2.24) is 0 Å². The molecule has 0 heterocycles. The molecule has 0 radical (unpaired) electrons. The predicted molar refractivity (Wildman–Crippen MR) is 97.6 cm³/mol. The maximum absolute atomic E-state index is 5.95. The third-order valence-electron chi connectivity index (χ3n) is 3.41. The van der Waals surface area contributed by atoms with Gasteiger partial charge in [0, 0.05) is 0 Å². The van der Waals surface area contributed by atoms with Gasteiger partial charge in [0.15, 0.2) is 0 Å². The first-order valence-electron chi connectivity index (χ1n) is 6.79. The Hall–Kier alpha value is -1.81. The minimum Gasteiger partial charge on any atom is -0.488 e. The van der Waals surface area contributed by atoms with Crippen LogP contribution in [0.1, 0.15) is 5.56 Å². The van der Waals surface area contributed by atoms with Crippen molar-refractivity contribution in [2.24, 2.45) is 0 Å². The highest BCUT2D eigenvalue weighted by Crippen LogP contribution is 2.30. The topological polar surface area (TPSA) is 9.23 Å². The van der Waals surface area contributed by atoms with Crippen LogP contribution in [0.2, 0.25) is 0 Å². The molecule has 3 rings (SSSR count). The van der Waals surface area contributed by atoms with Crippen LogP contribution in [0.3, 0.4) is 0 Å². The molecular formula is C19H15IO. The van der Waals surface area contributed by atoms with Crippen LogP contribution in [0.15, 0.2) is 73.3 Å². The number of halogens is 1. The molecule has 0 saturated carbocycles. The highest BCUT2D eigenvalue weighted by Gasteiger charge is 2.07. The lowest BCUT2D eigenvalue weighted by molar-refractivity contribution is 0.368. The van der Waals surface area contributed by atoms with Crippen LogP contribution in [-0.4, -0.2) is 6.61 Å². The summed E-state index contributed by atoms with van der Waals surface area (Å²) in [7, 11) is 0. The summed E-state index contributed by atoms with van der Waals surface area (Å²) >= 11 is 2.35. The number of rotatable bonds is 4. The van der Waals surface area contributed by atoms with E-state index in [4.69, 9.17) is 4.74 Å². The van der Waals surface area contributed by atoms with Gasteiger partial charge in [0.1, 0.15) is 12.4 Å². The van der Waals surface area contributed by atoms with E-state index < -0.39 is 0 Å². The van der Waals surface area contributed by atoms with Crippen LogP contribution in [0, 0.1) is 3.57 Å². The van der Waals surface area contributed by atoms with Crippen LogP contribution < -0.4 is 4.74 Å². The van der Waals surface area contributed by atoms with Gasteiger partial charge in [0.05, 0.1) is 3.57 Å². The van der Waals surface area contributed by atoms with Gasteiger partial charge < -0.3 is 4.74 Å². The monoisotopic (exact) mass is 386 g/mol. The molecular weight excluding hydrogens is 371 g/mol. The van der Waals surface area contributed by atoms with Gasteiger partial charge in [-0.3, -0.25) is 0 Å². The zero-order valence-corrected chi connectivity index (χ0v) is 13.7. The van der Waals surface area contributed by atoms with Gasteiger partial charge in [-0.05, 0) is 50.6 Å². The van der Waals surface area contributed by atoms with Gasteiger partial charge in [0.2, 0.25) is 0 Å². The first-order valence-corrected chi connectivity index (χ1v) is 7.87. The Morgan fingerprint density at radius 2 is 1.62 bits per heavy atom. The van der Waals surface area contributed by atoms with Crippen molar-refractivity contribution >= 4 is 38.9 Å². The van der Waals surface area contributed by atoms with E-state index in [1.165, 1.54) is 10.8 Å². The number of fused-ring (bicyclic) bond motifs is 1. The van der Waals surface area contributed by atoms with Gasteiger partial charge in [-0.15, -0.1) is 0 Å². The Kier molecular flexibility index (Phi) is 4.25. The van der Waals surface area contributed by atoms with Gasteiger partial charge in [-0.2, -0.15) is 0 Å². The third-order valence-corrected chi connectivity index (χ3v) is 4.52. The molecule has 0 fully saturated rings. The first-order chi connectivity index (χ1) is 10.3. The molecule has 0 atom stereocenters. The Bertz CT molecular complexity index is 778. The predicted octanol–water partition coefficient (Wildman–Crippen LogP) is 5.54. The minimum atomic E-state index is 0.498. The molecule has 0 unspecified atom stereocenters. The van der Waals surface area contributed by atoms with Crippen LogP contribution in [-0.2, 0) is 0 Å². The SMILES string of the molecule is C=C(COc1ccc2ccccc2c1I)c1ccccc1. The molecule has 0 aromatic heterocycles. The highest BCUT2D eigenvalue weighted by molar-refractivity contribution is 14.1. The fraction of sp³-hybridized carbons (Fsp3) is 0.0526. The van der Waals surface area contributed by atoms with E-state index in [9.17, 15) is 0 Å². The van der Waals surface area contributed by atoms with E-state index in [0.717, 1.165) is 20.5 Å². The van der Waals surface area contributed by atoms with E-state index in [-0.39, 0.29) is 0 Å². The van der Waals surface area contributed by atoms with Crippen LogP contribution in [0.5, 0.6) is 5.75 Å². The lowest BCUT2D eigenvalue weighted by atomic mass is 10.1. The van der Waals surface area contributed by atoms with E-state index in [2.05, 4.69) is 71.6 Å². The Morgan fingerprint density at radius 3 is 2.43 bits per heavy atom. The number of benzene rings is 3. The second kappa shape index (κ2) is 6.31. The smallest absolute Gasteiger partial charge is 0.133 e. The molecule has 0 N–H and O–H groups in total. The second-order valence-corrected chi connectivity index (χ2v) is 5.94. The highest BCUT2D eigenvalue weighted by atomic mass is 127. The summed E-state index contributed by atoms with van der Waals surface area (Å²) in [5.41, 5.74) is 2.10. The molecule has 0 bridgehead atoms. The molecule has 1 nitrogen and oxygen atoms in total. The van der Waals surface area contributed by atoms with Gasteiger partial charge in [-0.25, -0.2) is 0 Å². The number of hydrogen-bond donors (Lipinski definition) is 0. The van der Waals surface area contributed by atoms with Crippen LogP contribution in [0.25, 0.3) is 16.3 Å². The first kappa shape index (κ1) is 14.1. The maximum Gasteiger partial charge on any atom is 0.133 e. The Labute approximate surface area is 138 Å². The molecule has 0 aliphatic rings. The van der Waals surface area contributed by atoms with Crippen molar-refractivity contribution in [1.29, 1.82) is 0 Å². The largest absolute Gasteiger partial charge is 0.488 e. The van der Waals surface area contributed by atoms with Crippen molar-refractivity contribution in [2.75, 3.05) is 6.61 Å². The van der Waals surface area contributed by atoms with E-state index in [1.807, 2.05) is 24.3 Å². The summed E-state index contributed by atoms with van der Waals surface area (Å²) in [6, 6.07) is 22.6. The van der Waals surface area contributed by atoms with E-state index in [0.29, 0.717) is 6.61 Å². The third kappa shape index (κ3) is 3.10. The number of hydrogen-bond acceptors (Lipinski definition) is 1. The summed E-state index contributed by atoms with van der Waals surface area (Å²) in [6.45, 7) is 4.60.